The van der Waals surface area contributed by atoms with E-state index in [4.69, 9.17) is 4.55 Å². The van der Waals surface area contributed by atoms with E-state index in [9.17, 15) is 9.32 Å². The summed E-state index contributed by atoms with van der Waals surface area (Å²) in [6.07, 6.45) is 3.40. The topological polar surface area (TPSA) is 145 Å². The number of nitrogens with zero attached hydrogens (tertiary/aromatic N) is 4. The van der Waals surface area contributed by atoms with Crippen molar-refractivity contribution in [2.45, 2.75) is 19.9 Å². The normalized spacial score (nSPS) is 13.1. The van der Waals surface area contributed by atoms with Crippen LogP contribution >= 0.6 is 0 Å². The smallest absolute Gasteiger partial charge is 0.225 e. The molecule has 5 N–H and O–H groups in total. The van der Waals surface area contributed by atoms with Gasteiger partial charge in [0.15, 0.2) is 5.82 Å². The first-order valence-electron chi connectivity index (χ1n) is 9.56. The van der Waals surface area contributed by atoms with E-state index in [1.807, 2.05) is 26.0 Å². The zero-order valence-corrected chi connectivity index (χ0v) is 17.9. The van der Waals surface area contributed by atoms with Crippen LogP contribution < -0.4 is 16.2 Å². The fourth-order valence-corrected chi connectivity index (χ4v) is 2.96. The molecule has 0 aliphatic rings. The van der Waals surface area contributed by atoms with E-state index in [2.05, 4.69) is 35.5 Å². The number of aromatic nitrogens is 3. The summed E-state index contributed by atoms with van der Waals surface area (Å²) in [5, 5.41) is 12.8. The van der Waals surface area contributed by atoms with E-state index in [0.29, 0.717) is 28.8 Å². The Bertz CT molecular complexity index is 1070. The average Bonchev–Trinajstić information content (AvgIpc) is 2.77. The largest absolute Gasteiger partial charge is 0.454 e. The lowest BCUT2D eigenvalue weighted by Crippen LogP contribution is -2.30. The van der Waals surface area contributed by atoms with E-state index < -0.39 is 10.9 Å². The maximum absolute atomic E-state index is 10.8. The Morgan fingerprint density at radius 2 is 1.90 bits per heavy atom. The van der Waals surface area contributed by atoms with Crippen LogP contribution in [0.25, 0.3) is 11.3 Å². The second kappa shape index (κ2) is 10.7. The van der Waals surface area contributed by atoms with E-state index in [-0.39, 0.29) is 18.6 Å². The van der Waals surface area contributed by atoms with Gasteiger partial charge in [-0.3, -0.25) is 15.8 Å². The van der Waals surface area contributed by atoms with Crippen LogP contribution in [-0.4, -0.2) is 37.3 Å². The third-order valence-electron chi connectivity index (χ3n) is 4.39. The minimum Gasteiger partial charge on any atom is -0.454 e. The van der Waals surface area contributed by atoms with Crippen molar-refractivity contribution in [3.63, 3.8) is 0 Å². The van der Waals surface area contributed by atoms with Gasteiger partial charge in [-0.1, -0.05) is 24.7 Å². The molecule has 2 aromatic heterocycles. The predicted molar refractivity (Wildman–Crippen MR) is 121 cm³/mol. The lowest BCUT2D eigenvalue weighted by Gasteiger charge is -2.21. The van der Waals surface area contributed by atoms with Gasteiger partial charge in [0.2, 0.25) is 5.95 Å². The summed E-state index contributed by atoms with van der Waals surface area (Å²) < 4.78 is 23.1. The quantitative estimate of drug-likeness (QED) is 0.190. The molecule has 0 aliphatic heterocycles. The Morgan fingerprint density at radius 1 is 1.13 bits per heavy atom. The van der Waals surface area contributed by atoms with E-state index in [1.165, 1.54) is 0 Å². The first kappa shape index (κ1) is 22.4. The van der Waals surface area contributed by atoms with E-state index >= 15 is 0 Å². The van der Waals surface area contributed by atoms with Crippen LogP contribution in [0.2, 0.25) is 0 Å². The lowest BCUT2D eigenvalue weighted by atomic mass is 10.1. The van der Waals surface area contributed by atoms with Gasteiger partial charge in [-0.2, -0.15) is 4.98 Å². The molecular formula is C20H24N7O3S-. The molecular weight excluding hydrogens is 418 g/mol. The van der Waals surface area contributed by atoms with Crippen molar-refractivity contribution in [3.05, 3.63) is 54.9 Å². The molecule has 1 atom stereocenters. The minimum absolute atomic E-state index is 0.0464. The number of aliphatic hydroxyl groups excluding tert-OH is 1. The van der Waals surface area contributed by atoms with Crippen LogP contribution in [0.5, 0.6) is 0 Å². The summed E-state index contributed by atoms with van der Waals surface area (Å²) in [6.45, 7) is 3.96. The van der Waals surface area contributed by atoms with Crippen molar-refractivity contribution >= 4 is 34.0 Å². The van der Waals surface area contributed by atoms with Crippen LogP contribution in [0.15, 0.2) is 59.2 Å². The number of hydrazine groups is 1. The summed E-state index contributed by atoms with van der Waals surface area (Å²) in [4.78, 5) is 13.2. The highest BCUT2D eigenvalue weighted by atomic mass is 32.2. The average molecular weight is 443 g/mol. The fraction of sp³-hybridized carbons (Fsp3) is 0.250. The third kappa shape index (κ3) is 6.60. The molecule has 1 aromatic carbocycles. The first-order valence-corrected chi connectivity index (χ1v) is 10.6. The molecule has 31 heavy (non-hydrogen) atoms. The minimum atomic E-state index is -2.25. The second-order valence-corrected chi connectivity index (χ2v) is 7.64. The molecule has 0 bridgehead atoms. The second-order valence-electron chi connectivity index (χ2n) is 7.00. The summed E-state index contributed by atoms with van der Waals surface area (Å²) >= 11 is 0. The van der Waals surface area contributed by atoms with Crippen LogP contribution in [0, 0.1) is 5.92 Å². The maximum atomic E-state index is 10.8. The van der Waals surface area contributed by atoms with Gasteiger partial charge < -0.3 is 23.5 Å². The maximum Gasteiger partial charge on any atom is 0.225 e. The van der Waals surface area contributed by atoms with Crippen LogP contribution in [0.3, 0.4) is 0 Å². The van der Waals surface area contributed by atoms with Crippen molar-refractivity contribution in [1.29, 1.82) is 0 Å². The Hall–Kier alpha value is -3.28. The lowest BCUT2D eigenvalue weighted by molar-refractivity contribution is 0.248. The van der Waals surface area contributed by atoms with Crippen LogP contribution in [-0.2, 0) is 15.1 Å². The highest BCUT2D eigenvalue weighted by Gasteiger charge is 2.15. The number of rotatable bonds is 9. The molecule has 11 heteroatoms. The number of hydrogen-bond acceptors (Lipinski definition) is 10. The molecule has 0 unspecified atom stereocenters. The van der Waals surface area contributed by atoms with Gasteiger partial charge in [0.1, 0.15) is 0 Å². The molecule has 3 rings (SSSR count). The fourth-order valence-electron chi connectivity index (χ4n) is 2.66. The molecule has 0 spiro atoms. The highest BCUT2D eigenvalue weighted by Crippen LogP contribution is 2.22. The Kier molecular flexibility index (Phi) is 7.70. The number of benzene rings is 1. The van der Waals surface area contributed by atoms with Crippen molar-refractivity contribution < 1.29 is 13.9 Å². The molecule has 0 aliphatic carbocycles. The number of nitrogens with one attached hydrogen (secondary N) is 3. The van der Waals surface area contributed by atoms with Crippen molar-refractivity contribution in [2.24, 2.45) is 10.3 Å². The van der Waals surface area contributed by atoms with Crippen LogP contribution in [0.4, 0.5) is 23.1 Å². The van der Waals surface area contributed by atoms with Crippen molar-refractivity contribution in [2.75, 3.05) is 22.8 Å². The van der Waals surface area contributed by atoms with E-state index in [1.54, 1.807) is 42.7 Å². The van der Waals surface area contributed by atoms with Crippen molar-refractivity contribution in [1.82, 2.24) is 15.0 Å². The molecule has 10 nitrogen and oxygen atoms in total. The molecule has 0 amide bonds. The highest BCUT2D eigenvalue weighted by molar-refractivity contribution is 7.68. The van der Waals surface area contributed by atoms with Gasteiger partial charge >= 0.3 is 0 Å². The van der Waals surface area contributed by atoms with Crippen molar-refractivity contribution in [3.8, 4) is 11.3 Å². The summed E-state index contributed by atoms with van der Waals surface area (Å²) in [6, 6.07) is 11.9. The SMILES string of the molecule is CC(C)[C@H](CO)Nc1nc(NNc2ccc(N=[S-](=O)O)cc2)cc(-c2cccnc2)n1. The van der Waals surface area contributed by atoms with Crippen LogP contribution in [0.1, 0.15) is 13.8 Å². The molecule has 164 valence electrons. The Morgan fingerprint density at radius 3 is 2.52 bits per heavy atom. The van der Waals surface area contributed by atoms with Gasteiger partial charge in [-0.15, -0.1) is 0 Å². The zero-order valence-electron chi connectivity index (χ0n) is 17.1. The third-order valence-corrected chi connectivity index (χ3v) is 4.75. The van der Waals surface area contributed by atoms with Gasteiger partial charge in [0, 0.05) is 29.7 Å². The summed E-state index contributed by atoms with van der Waals surface area (Å²) in [7, 11) is -2.25. The molecule has 0 saturated heterocycles. The van der Waals surface area contributed by atoms with Gasteiger partial charge in [0.25, 0.3) is 0 Å². The number of anilines is 3. The van der Waals surface area contributed by atoms with E-state index in [0.717, 1.165) is 5.56 Å². The monoisotopic (exact) mass is 442 g/mol. The number of aliphatic hydroxyl groups is 1. The molecule has 0 fully saturated rings. The summed E-state index contributed by atoms with van der Waals surface area (Å²) in [5.74, 6) is 1.06. The molecule has 3 aromatic rings. The zero-order chi connectivity index (χ0) is 22.2. The first-order chi connectivity index (χ1) is 14.9. The Labute approximate surface area is 182 Å². The number of pyridine rings is 1. The van der Waals surface area contributed by atoms with Gasteiger partial charge in [-0.05, 0) is 42.3 Å². The summed E-state index contributed by atoms with van der Waals surface area (Å²) in [5.41, 5.74) is 8.63. The Balaban J connectivity index is 1.83. The molecule has 2 heterocycles. The van der Waals surface area contributed by atoms with Gasteiger partial charge in [0.05, 0.1) is 24.0 Å². The van der Waals surface area contributed by atoms with Gasteiger partial charge in [-0.25, -0.2) is 4.98 Å². The standard InChI is InChI=1S/C20H24N7O3S/c1-13(2)18(12-28)23-20-22-17(14-4-3-9-21-11-14)10-19(24-20)26-25-15-5-7-16(8-6-15)27-31(29)30/h3-11,13,18,25,28H,12H2,1-2H3,(H,27,29,30)(H2,22,23,24,26)/q-1/t18-/m0/s1. The predicted octanol–water partition coefficient (Wildman–Crippen LogP) is 3.66. The molecule has 0 radical (unpaired) electrons. The molecule has 0 saturated carbocycles. The number of hydrogen-bond donors (Lipinski definition) is 5.